The maximum absolute atomic E-state index is 9.05. The summed E-state index contributed by atoms with van der Waals surface area (Å²) in [6.07, 6.45) is 1.94. The van der Waals surface area contributed by atoms with E-state index in [2.05, 4.69) is 21.0 Å². The second-order valence-electron chi connectivity index (χ2n) is 4.09. The van der Waals surface area contributed by atoms with Crippen molar-refractivity contribution >= 4 is 10.9 Å². The molecule has 3 aromatic rings. The molecule has 2 aromatic heterocycles. The average molecular weight is 238 g/mol. The number of hydrogen-bond donors (Lipinski definition) is 0. The standard InChI is InChI=1S/C13H10N4O/c1-9-12(16-18-15-9)8-17-6-5-11-10(7-14)3-2-4-13(11)17/h2-6H,8H2,1H3. The molecule has 2 heterocycles. The molecule has 1 aromatic carbocycles. The number of fused-ring (bicyclic) bond motifs is 1. The Morgan fingerprint density at radius 1 is 1.33 bits per heavy atom. The molecule has 18 heavy (non-hydrogen) atoms. The highest BCUT2D eigenvalue weighted by atomic mass is 16.6. The molecule has 0 atom stereocenters. The summed E-state index contributed by atoms with van der Waals surface area (Å²) in [4.78, 5) is 0. The van der Waals surface area contributed by atoms with E-state index in [1.165, 1.54) is 0 Å². The van der Waals surface area contributed by atoms with Crippen LogP contribution in [0.1, 0.15) is 17.0 Å². The van der Waals surface area contributed by atoms with E-state index >= 15 is 0 Å². The third-order valence-electron chi connectivity index (χ3n) is 3.00. The van der Waals surface area contributed by atoms with Crippen LogP contribution in [0, 0.1) is 18.3 Å². The molecule has 0 aliphatic rings. The largest absolute Gasteiger partial charge is 0.341 e. The Kier molecular flexibility index (Phi) is 2.34. The lowest BCUT2D eigenvalue weighted by Gasteiger charge is -2.02. The molecule has 0 spiro atoms. The van der Waals surface area contributed by atoms with E-state index in [4.69, 9.17) is 5.26 Å². The topological polar surface area (TPSA) is 67.6 Å². The third kappa shape index (κ3) is 1.55. The molecule has 0 aliphatic carbocycles. The molecule has 0 amide bonds. The van der Waals surface area contributed by atoms with Crippen LogP contribution in [-0.4, -0.2) is 14.9 Å². The van der Waals surface area contributed by atoms with Crippen LogP contribution in [0.4, 0.5) is 0 Å². The Hall–Kier alpha value is -2.61. The van der Waals surface area contributed by atoms with Gasteiger partial charge in [-0.25, -0.2) is 4.63 Å². The van der Waals surface area contributed by atoms with Gasteiger partial charge < -0.3 is 4.57 Å². The van der Waals surface area contributed by atoms with E-state index in [9.17, 15) is 0 Å². The lowest BCUT2D eigenvalue weighted by atomic mass is 10.1. The van der Waals surface area contributed by atoms with Gasteiger partial charge in [0, 0.05) is 17.1 Å². The van der Waals surface area contributed by atoms with Gasteiger partial charge in [-0.2, -0.15) is 5.26 Å². The van der Waals surface area contributed by atoms with Gasteiger partial charge in [0.15, 0.2) is 0 Å². The van der Waals surface area contributed by atoms with Gasteiger partial charge in [-0.3, -0.25) is 0 Å². The van der Waals surface area contributed by atoms with Crippen LogP contribution in [0.2, 0.25) is 0 Å². The average Bonchev–Trinajstić information content (AvgIpc) is 2.97. The first-order valence-electron chi connectivity index (χ1n) is 5.55. The SMILES string of the molecule is Cc1nonc1Cn1ccc2c(C#N)cccc21. The highest BCUT2D eigenvalue weighted by Crippen LogP contribution is 2.20. The molecule has 5 heteroatoms. The number of rotatable bonds is 2. The summed E-state index contributed by atoms with van der Waals surface area (Å²) in [5.74, 6) is 0. The van der Waals surface area contributed by atoms with E-state index in [0.717, 1.165) is 22.3 Å². The zero-order chi connectivity index (χ0) is 12.5. The van der Waals surface area contributed by atoms with Crippen molar-refractivity contribution in [2.45, 2.75) is 13.5 Å². The van der Waals surface area contributed by atoms with Gasteiger partial charge in [-0.05, 0) is 25.1 Å². The first-order chi connectivity index (χ1) is 8.79. The van der Waals surface area contributed by atoms with Gasteiger partial charge in [0.2, 0.25) is 0 Å². The van der Waals surface area contributed by atoms with Crippen LogP contribution in [0.5, 0.6) is 0 Å². The number of aryl methyl sites for hydroxylation is 1. The summed E-state index contributed by atoms with van der Waals surface area (Å²) in [6.45, 7) is 2.45. The van der Waals surface area contributed by atoms with Crippen LogP contribution in [-0.2, 0) is 6.54 Å². The third-order valence-corrected chi connectivity index (χ3v) is 3.00. The van der Waals surface area contributed by atoms with Crippen molar-refractivity contribution in [3.63, 3.8) is 0 Å². The molecule has 0 N–H and O–H groups in total. The lowest BCUT2D eigenvalue weighted by Crippen LogP contribution is -1.99. The lowest BCUT2D eigenvalue weighted by molar-refractivity contribution is 0.300. The quantitative estimate of drug-likeness (QED) is 0.686. The fourth-order valence-corrected chi connectivity index (χ4v) is 2.01. The predicted molar refractivity (Wildman–Crippen MR) is 64.8 cm³/mol. The van der Waals surface area contributed by atoms with Crippen LogP contribution >= 0.6 is 0 Å². The highest BCUT2D eigenvalue weighted by Gasteiger charge is 2.09. The van der Waals surface area contributed by atoms with Crippen LogP contribution in [0.15, 0.2) is 35.1 Å². The Morgan fingerprint density at radius 3 is 2.94 bits per heavy atom. The first-order valence-corrected chi connectivity index (χ1v) is 5.55. The summed E-state index contributed by atoms with van der Waals surface area (Å²) in [5.41, 5.74) is 3.28. The predicted octanol–water partition coefficient (Wildman–Crippen LogP) is 2.25. The molecule has 5 nitrogen and oxygen atoms in total. The van der Waals surface area contributed by atoms with Crippen molar-refractivity contribution in [3.05, 3.63) is 47.4 Å². The highest BCUT2D eigenvalue weighted by molar-refractivity contribution is 5.86. The van der Waals surface area contributed by atoms with Crippen molar-refractivity contribution in [1.29, 1.82) is 5.26 Å². The zero-order valence-corrected chi connectivity index (χ0v) is 9.79. The van der Waals surface area contributed by atoms with Crippen molar-refractivity contribution < 1.29 is 4.63 Å². The first kappa shape index (κ1) is 10.5. The minimum absolute atomic E-state index is 0.591. The van der Waals surface area contributed by atoms with Crippen LogP contribution in [0.25, 0.3) is 10.9 Å². The van der Waals surface area contributed by atoms with E-state index < -0.39 is 0 Å². The van der Waals surface area contributed by atoms with E-state index in [1.54, 1.807) is 0 Å². The van der Waals surface area contributed by atoms with Crippen molar-refractivity contribution in [1.82, 2.24) is 14.9 Å². The fourth-order valence-electron chi connectivity index (χ4n) is 2.01. The van der Waals surface area contributed by atoms with Gasteiger partial charge in [-0.1, -0.05) is 16.4 Å². The maximum atomic E-state index is 9.05. The van der Waals surface area contributed by atoms with Crippen molar-refractivity contribution in [2.24, 2.45) is 0 Å². The molecule has 0 bridgehead atoms. The number of benzene rings is 1. The van der Waals surface area contributed by atoms with Crippen molar-refractivity contribution in [3.8, 4) is 6.07 Å². The van der Waals surface area contributed by atoms with Gasteiger partial charge in [-0.15, -0.1) is 0 Å². The smallest absolute Gasteiger partial charge is 0.127 e. The molecule has 0 radical (unpaired) electrons. The number of nitriles is 1. The van der Waals surface area contributed by atoms with Crippen molar-refractivity contribution in [2.75, 3.05) is 0 Å². The minimum Gasteiger partial charge on any atom is -0.341 e. The van der Waals surface area contributed by atoms with E-state index in [0.29, 0.717) is 12.1 Å². The molecule has 0 saturated heterocycles. The maximum Gasteiger partial charge on any atom is 0.127 e. The number of nitrogens with zero attached hydrogens (tertiary/aromatic N) is 4. The molecule has 3 rings (SSSR count). The van der Waals surface area contributed by atoms with E-state index in [1.807, 2.05) is 42.0 Å². The Bertz CT molecular complexity index is 748. The minimum atomic E-state index is 0.591. The summed E-state index contributed by atoms with van der Waals surface area (Å²) >= 11 is 0. The molecule has 0 unspecified atom stereocenters. The Morgan fingerprint density at radius 2 is 2.22 bits per heavy atom. The van der Waals surface area contributed by atoms with Crippen LogP contribution in [0.3, 0.4) is 0 Å². The molecular weight excluding hydrogens is 228 g/mol. The number of hydrogen-bond acceptors (Lipinski definition) is 4. The molecule has 0 aliphatic heterocycles. The van der Waals surface area contributed by atoms with Gasteiger partial charge in [0.05, 0.1) is 18.2 Å². The van der Waals surface area contributed by atoms with Gasteiger partial charge in [0.1, 0.15) is 11.4 Å². The van der Waals surface area contributed by atoms with Crippen LogP contribution < -0.4 is 0 Å². The Balaban J connectivity index is 2.09. The number of aromatic nitrogens is 3. The summed E-state index contributed by atoms with van der Waals surface area (Å²) < 4.78 is 6.72. The van der Waals surface area contributed by atoms with Gasteiger partial charge in [0.25, 0.3) is 0 Å². The summed E-state index contributed by atoms with van der Waals surface area (Å²) in [7, 11) is 0. The molecule has 88 valence electrons. The second-order valence-corrected chi connectivity index (χ2v) is 4.09. The second kappa shape index (κ2) is 4.00. The molecule has 0 saturated carbocycles. The van der Waals surface area contributed by atoms with E-state index in [-0.39, 0.29) is 0 Å². The molecule has 0 fully saturated rings. The zero-order valence-electron chi connectivity index (χ0n) is 9.79. The molecular formula is C13H10N4O. The Labute approximate surface area is 103 Å². The fraction of sp³-hybridized carbons (Fsp3) is 0.154. The summed E-state index contributed by atoms with van der Waals surface area (Å²) in [6, 6.07) is 9.82. The monoisotopic (exact) mass is 238 g/mol. The summed E-state index contributed by atoms with van der Waals surface area (Å²) in [5, 5.41) is 17.6. The normalized spacial score (nSPS) is 10.7. The van der Waals surface area contributed by atoms with Gasteiger partial charge >= 0.3 is 0 Å².